The quantitative estimate of drug-likeness (QED) is 0.806. The Balaban J connectivity index is 2.35. The van der Waals surface area contributed by atoms with Crippen molar-refractivity contribution in [2.45, 2.75) is 25.8 Å². The summed E-state index contributed by atoms with van der Waals surface area (Å²) in [6, 6.07) is 3.59. The molecular formula is C10H13N3O. The van der Waals surface area contributed by atoms with Crippen molar-refractivity contribution in [2.24, 2.45) is 5.73 Å². The molecule has 14 heavy (non-hydrogen) atoms. The van der Waals surface area contributed by atoms with E-state index < -0.39 is 0 Å². The van der Waals surface area contributed by atoms with Crippen LogP contribution in [0.2, 0.25) is 0 Å². The highest BCUT2D eigenvalue weighted by Gasteiger charge is 2.12. The van der Waals surface area contributed by atoms with E-state index in [0.29, 0.717) is 11.6 Å². The van der Waals surface area contributed by atoms with Crippen molar-refractivity contribution in [3.8, 4) is 0 Å². The monoisotopic (exact) mass is 191 g/mol. The van der Waals surface area contributed by atoms with Gasteiger partial charge in [0.25, 0.3) is 0 Å². The van der Waals surface area contributed by atoms with Crippen molar-refractivity contribution in [1.29, 1.82) is 0 Å². The lowest BCUT2D eigenvalue weighted by atomic mass is 10.2. The smallest absolute Gasteiger partial charge is 0.247 e. The fraction of sp³-hybridized carbons (Fsp3) is 0.400. The second kappa shape index (κ2) is 3.75. The van der Waals surface area contributed by atoms with Crippen LogP contribution in [0.4, 0.5) is 0 Å². The third-order valence-electron chi connectivity index (χ3n) is 2.10. The molecule has 2 N–H and O–H groups in total. The number of oxazole rings is 1. The van der Waals surface area contributed by atoms with Crippen molar-refractivity contribution in [1.82, 2.24) is 9.97 Å². The molecule has 4 nitrogen and oxygen atoms in total. The Labute approximate surface area is 82.1 Å². The van der Waals surface area contributed by atoms with Crippen molar-refractivity contribution in [3.05, 3.63) is 24.2 Å². The van der Waals surface area contributed by atoms with Crippen molar-refractivity contribution >= 4 is 11.2 Å². The number of aromatic nitrogens is 2. The summed E-state index contributed by atoms with van der Waals surface area (Å²) in [7, 11) is 0. The molecule has 0 saturated carbocycles. The molecule has 1 unspecified atom stereocenters. The van der Waals surface area contributed by atoms with Crippen LogP contribution in [0.5, 0.6) is 0 Å². The minimum absolute atomic E-state index is 0.116. The molecule has 0 aliphatic heterocycles. The van der Waals surface area contributed by atoms with Crippen molar-refractivity contribution in [3.63, 3.8) is 0 Å². The first-order chi connectivity index (χ1) is 6.81. The standard InChI is InChI=1S/C10H13N3O/c1-2-4-7(11)9-13-8-5-3-6-12-10(8)14-9/h3,5-7H,2,4,11H2,1H3. The number of fused-ring (bicyclic) bond motifs is 1. The summed E-state index contributed by atoms with van der Waals surface area (Å²) in [5.74, 6) is 0.584. The lowest BCUT2D eigenvalue weighted by Crippen LogP contribution is -2.09. The fourth-order valence-corrected chi connectivity index (χ4v) is 1.38. The lowest BCUT2D eigenvalue weighted by Gasteiger charge is -2.02. The van der Waals surface area contributed by atoms with Crippen molar-refractivity contribution < 1.29 is 4.42 Å². The van der Waals surface area contributed by atoms with Gasteiger partial charge in [0.1, 0.15) is 5.52 Å². The zero-order chi connectivity index (χ0) is 9.97. The average Bonchev–Trinajstić information content (AvgIpc) is 2.61. The molecule has 2 heterocycles. The largest absolute Gasteiger partial charge is 0.421 e. The van der Waals surface area contributed by atoms with Crippen LogP contribution in [0.3, 0.4) is 0 Å². The van der Waals surface area contributed by atoms with Gasteiger partial charge in [-0.05, 0) is 18.6 Å². The lowest BCUT2D eigenvalue weighted by molar-refractivity contribution is 0.452. The maximum absolute atomic E-state index is 5.89. The van der Waals surface area contributed by atoms with Crippen LogP contribution in [0.1, 0.15) is 31.7 Å². The Morgan fingerprint density at radius 2 is 2.43 bits per heavy atom. The molecule has 2 aromatic heterocycles. The van der Waals surface area contributed by atoms with Gasteiger partial charge in [-0.1, -0.05) is 13.3 Å². The van der Waals surface area contributed by atoms with E-state index in [1.54, 1.807) is 6.20 Å². The van der Waals surface area contributed by atoms with Gasteiger partial charge in [-0.15, -0.1) is 0 Å². The molecule has 0 aromatic carbocycles. The minimum Gasteiger partial charge on any atom is -0.421 e. The predicted octanol–water partition coefficient (Wildman–Crippen LogP) is 2.02. The normalized spacial score (nSPS) is 13.3. The van der Waals surface area contributed by atoms with Crippen LogP contribution in [0, 0.1) is 0 Å². The van der Waals surface area contributed by atoms with E-state index in [1.807, 2.05) is 12.1 Å². The number of pyridine rings is 1. The number of nitrogens with zero attached hydrogens (tertiary/aromatic N) is 2. The molecule has 0 bridgehead atoms. The molecule has 0 saturated heterocycles. The molecule has 2 rings (SSSR count). The van der Waals surface area contributed by atoms with Crippen molar-refractivity contribution in [2.75, 3.05) is 0 Å². The Kier molecular flexibility index (Phi) is 2.45. The fourth-order valence-electron chi connectivity index (χ4n) is 1.38. The second-order valence-electron chi connectivity index (χ2n) is 3.27. The molecule has 0 fully saturated rings. The minimum atomic E-state index is -0.116. The molecule has 1 atom stereocenters. The van der Waals surface area contributed by atoms with Gasteiger partial charge in [0.2, 0.25) is 11.6 Å². The third kappa shape index (κ3) is 1.61. The Morgan fingerprint density at radius 3 is 3.14 bits per heavy atom. The van der Waals surface area contributed by atoms with Gasteiger partial charge in [-0.25, -0.2) is 9.97 Å². The molecule has 2 aromatic rings. The highest BCUT2D eigenvalue weighted by atomic mass is 16.4. The Hall–Kier alpha value is -1.42. The number of hydrogen-bond donors (Lipinski definition) is 1. The highest BCUT2D eigenvalue weighted by Crippen LogP contribution is 2.19. The molecule has 0 amide bonds. The van der Waals surface area contributed by atoms with Crippen LogP contribution in [0.15, 0.2) is 22.7 Å². The topological polar surface area (TPSA) is 64.9 Å². The molecule has 74 valence electrons. The number of hydrogen-bond acceptors (Lipinski definition) is 4. The molecule has 4 heteroatoms. The van der Waals surface area contributed by atoms with E-state index in [9.17, 15) is 0 Å². The van der Waals surface area contributed by atoms with Gasteiger partial charge < -0.3 is 10.2 Å². The number of nitrogens with two attached hydrogens (primary N) is 1. The SMILES string of the molecule is CCCC(N)c1nc2cccnc2o1. The third-order valence-corrected chi connectivity index (χ3v) is 2.10. The second-order valence-corrected chi connectivity index (χ2v) is 3.27. The number of rotatable bonds is 3. The van der Waals surface area contributed by atoms with Gasteiger partial charge in [0.05, 0.1) is 6.04 Å². The van der Waals surface area contributed by atoms with Gasteiger partial charge >= 0.3 is 0 Å². The molecule has 0 radical (unpaired) electrons. The summed E-state index contributed by atoms with van der Waals surface area (Å²) >= 11 is 0. The van der Waals surface area contributed by atoms with Gasteiger partial charge in [-0.3, -0.25) is 0 Å². The maximum Gasteiger partial charge on any atom is 0.247 e. The van der Waals surface area contributed by atoms with Crippen LogP contribution < -0.4 is 5.73 Å². The van der Waals surface area contributed by atoms with Crippen LogP contribution in [0.25, 0.3) is 11.2 Å². The summed E-state index contributed by atoms with van der Waals surface area (Å²) in [6.45, 7) is 2.08. The maximum atomic E-state index is 5.89. The summed E-state index contributed by atoms with van der Waals surface area (Å²) in [6.07, 6.45) is 3.59. The first-order valence-electron chi connectivity index (χ1n) is 4.78. The van der Waals surface area contributed by atoms with E-state index in [1.165, 1.54) is 0 Å². The van der Waals surface area contributed by atoms with Crippen LogP contribution in [-0.4, -0.2) is 9.97 Å². The summed E-state index contributed by atoms with van der Waals surface area (Å²) < 4.78 is 5.44. The molecular weight excluding hydrogens is 178 g/mol. The van der Waals surface area contributed by atoms with Gasteiger partial charge in [-0.2, -0.15) is 0 Å². The van der Waals surface area contributed by atoms with Gasteiger partial charge in [0.15, 0.2) is 0 Å². The zero-order valence-corrected chi connectivity index (χ0v) is 8.10. The molecule has 0 aliphatic rings. The molecule has 0 aliphatic carbocycles. The van der Waals surface area contributed by atoms with Crippen LogP contribution in [-0.2, 0) is 0 Å². The molecule has 0 spiro atoms. The highest BCUT2D eigenvalue weighted by molar-refractivity contribution is 5.67. The first-order valence-corrected chi connectivity index (χ1v) is 4.78. The first kappa shape index (κ1) is 9.15. The van der Waals surface area contributed by atoms with Gasteiger partial charge in [0, 0.05) is 6.20 Å². The zero-order valence-electron chi connectivity index (χ0n) is 8.10. The van der Waals surface area contributed by atoms with Crippen LogP contribution >= 0.6 is 0 Å². The summed E-state index contributed by atoms with van der Waals surface area (Å²) in [5.41, 5.74) is 7.22. The van der Waals surface area contributed by atoms with E-state index in [0.717, 1.165) is 18.4 Å². The van der Waals surface area contributed by atoms with E-state index in [-0.39, 0.29) is 6.04 Å². The summed E-state index contributed by atoms with van der Waals surface area (Å²) in [5, 5.41) is 0. The Bertz CT molecular complexity index is 391. The van der Waals surface area contributed by atoms with E-state index in [2.05, 4.69) is 16.9 Å². The predicted molar refractivity (Wildman–Crippen MR) is 53.6 cm³/mol. The Morgan fingerprint density at radius 1 is 1.57 bits per heavy atom. The summed E-state index contributed by atoms with van der Waals surface area (Å²) in [4.78, 5) is 8.34. The van der Waals surface area contributed by atoms with E-state index >= 15 is 0 Å². The average molecular weight is 191 g/mol. The van der Waals surface area contributed by atoms with E-state index in [4.69, 9.17) is 10.2 Å².